The Morgan fingerprint density at radius 3 is 2.27 bits per heavy atom. The van der Waals surface area contributed by atoms with Gasteiger partial charge in [0, 0.05) is 25.5 Å². The van der Waals surface area contributed by atoms with E-state index in [1.54, 1.807) is 31.5 Å². The molecule has 5 rings (SSSR count). The maximum atomic E-state index is 12.7. The molecule has 0 fully saturated rings. The van der Waals surface area contributed by atoms with Gasteiger partial charge in [0.15, 0.2) is 11.5 Å². The number of hydrazine groups is 1. The van der Waals surface area contributed by atoms with Crippen LogP contribution >= 0.6 is 0 Å². The number of ether oxygens (including phenoxy) is 3. The van der Waals surface area contributed by atoms with Gasteiger partial charge in [0.25, 0.3) is 0 Å². The number of amides is 1. The predicted octanol–water partition coefficient (Wildman–Crippen LogP) is 5.05. The molecule has 0 atom stereocenters. The fourth-order valence-electron chi connectivity index (χ4n) is 4.25. The van der Waals surface area contributed by atoms with E-state index in [1.807, 2.05) is 65.3 Å². The second-order valence-corrected chi connectivity index (χ2v) is 8.94. The van der Waals surface area contributed by atoms with Crippen molar-refractivity contribution >= 4 is 23.3 Å². The number of methoxy groups -OCH3 is 2. The summed E-state index contributed by atoms with van der Waals surface area (Å²) in [7, 11) is 3.10. The summed E-state index contributed by atoms with van der Waals surface area (Å²) in [4.78, 5) is 30.6. The molecule has 2 heterocycles. The molecule has 40 heavy (non-hydrogen) atoms. The predicted molar refractivity (Wildman–Crippen MR) is 148 cm³/mol. The molecule has 0 unspecified atom stereocenters. The lowest BCUT2D eigenvalue weighted by atomic mass is 10.1. The molecule has 1 amide bonds. The van der Waals surface area contributed by atoms with E-state index in [4.69, 9.17) is 24.1 Å². The van der Waals surface area contributed by atoms with Gasteiger partial charge in [-0.05, 0) is 48.0 Å². The third-order valence-corrected chi connectivity index (χ3v) is 6.16. The number of hydrogen-bond donors (Lipinski definition) is 0. The zero-order valence-corrected chi connectivity index (χ0v) is 22.5. The molecule has 1 aliphatic heterocycles. The van der Waals surface area contributed by atoms with E-state index in [9.17, 15) is 9.59 Å². The zero-order chi connectivity index (χ0) is 28.2. The van der Waals surface area contributed by atoms with Gasteiger partial charge in [0.05, 0.1) is 32.7 Å². The molecule has 10 nitrogen and oxygen atoms in total. The number of benzene rings is 3. The van der Waals surface area contributed by atoms with Gasteiger partial charge in [0.1, 0.15) is 17.1 Å². The molecular formula is C30H28N4O6. The van der Waals surface area contributed by atoms with Gasteiger partial charge in [0.2, 0.25) is 11.7 Å². The Balaban J connectivity index is 1.54. The van der Waals surface area contributed by atoms with E-state index < -0.39 is 5.97 Å². The molecular weight excluding hydrogens is 512 g/mol. The number of esters is 1. The van der Waals surface area contributed by atoms with Crippen LogP contribution in [0.1, 0.15) is 25.1 Å². The summed E-state index contributed by atoms with van der Waals surface area (Å²) in [5, 5.41) is 7.54. The van der Waals surface area contributed by atoms with Crippen LogP contribution < -0.4 is 19.4 Å². The van der Waals surface area contributed by atoms with E-state index in [0.717, 1.165) is 22.6 Å². The molecule has 0 bridgehead atoms. The highest BCUT2D eigenvalue weighted by Gasteiger charge is 2.32. The number of carbonyl (C=O) groups excluding carboxylic acids is 2. The average molecular weight is 541 g/mol. The Labute approximate surface area is 231 Å². The lowest BCUT2D eigenvalue weighted by Gasteiger charge is -2.26. The Kier molecular flexibility index (Phi) is 7.41. The van der Waals surface area contributed by atoms with E-state index in [-0.39, 0.29) is 11.7 Å². The molecule has 10 heteroatoms. The zero-order valence-electron chi connectivity index (χ0n) is 22.5. The summed E-state index contributed by atoms with van der Waals surface area (Å²) in [5.74, 6) is 0.924. The Morgan fingerprint density at radius 2 is 1.62 bits per heavy atom. The molecule has 0 saturated heterocycles. The van der Waals surface area contributed by atoms with Crippen LogP contribution in [0.2, 0.25) is 0 Å². The van der Waals surface area contributed by atoms with Crippen molar-refractivity contribution in [2.24, 2.45) is 0 Å². The molecule has 0 aliphatic carbocycles. The molecule has 3 aromatic carbocycles. The quantitative estimate of drug-likeness (QED) is 0.226. The fourth-order valence-corrected chi connectivity index (χ4v) is 4.25. The van der Waals surface area contributed by atoms with Crippen molar-refractivity contribution in [2.75, 3.05) is 19.4 Å². The van der Waals surface area contributed by atoms with Gasteiger partial charge in [-0.25, -0.2) is 0 Å². The van der Waals surface area contributed by atoms with E-state index in [0.29, 0.717) is 29.4 Å². The summed E-state index contributed by atoms with van der Waals surface area (Å²) in [5.41, 5.74) is 3.79. The third-order valence-electron chi connectivity index (χ3n) is 6.16. The van der Waals surface area contributed by atoms with Crippen LogP contribution in [0, 0.1) is 0 Å². The first-order valence-electron chi connectivity index (χ1n) is 12.5. The molecule has 1 aromatic heterocycles. The van der Waals surface area contributed by atoms with Crippen molar-refractivity contribution < 1.29 is 28.6 Å². The molecule has 0 saturated carbocycles. The van der Waals surface area contributed by atoms with E-state index in [2.05, 4.69) is 0 Å². The smallest absolute Gasteiger partial charge is 0.308 e. The molecule has 204 valence electrons. The van der Waals surface area contributed by atoms with Crippen LogP contribution in [-0.2, 0) is 21.0 Å². The molecule has 0 radical (unpaired) electrons. The van der Waals surface area contributed by atoms with E-state index in [1.165, 1.54) is 31.1 Å². The topological polar surface area (TPSA) is 95.4 Å². The molecule has 4 aromatic rings. The van der Waals surface area contributed by atoms with Crippen molar-refractivity contribution in [1.82, 2.24) is 14.8 Å². The Morgan fingerprint density at radius 1 is 0.875 bits per heavy atom. The van der Waals surface area contributed by atoms with Crippen molar-refractivity contribution in [3.63, 3.8) is 0 Å². The van der Waals surface area contributed by atoms with Crippen molar-refractivity contribution in [2.45, 2.75) is 20.4 Å². The standard InChI is InChI=1S/C30H28N4O6/c1-20(35)33-19-30(40-34(33)24-12-15-28(38-4)29(16-24)39-21(2)36)27-17-26(23-10-13-25(37-3)14-11-23)31-32(27)18-22-8-6-5-7-9-22/h5-17,19H,18H2,1-4H3. The summed E-state index contributed by atoms with van der Waals surface area (Å²) < 4.78 is 17.7. The summed E-state index contributed by atoms with van der Waals surface area (Å²) in [6.07, 6.45) is 1.61. The SMILES string of the molecule is COc1ccc(-c2cc(C3=CN(C(C)=O)N(c4ccc(OC)c(OC(C)=O)c4)O3)n(Cc3ccccc3)n2)cc1. The van der Waals surface area contributed by atoms with Crippen molar-refractivity contribution in [1.29, 1.82) is 0 Å². The van der Waals surface area contributed by atoms with Crippen LogP contribution in [0.25, 0.3) is 17.0 Å². The summed E-state index contributed by atoms with van der Waals surface area (Å²) in [6, 6.07) is 24.4. The van der Waals surface area contributed by atoms with Crippen molar-refractivity contribution in [3.8, 4) is 28.5 Å². The van der Waals surface area contributed by atoms with Gasteiger partial charge in [-0.2, -0.15) is 10.1 Å². The number of nitrogens with zero attached hydrogens (tertiary/aromatic N) is 4. The second-order valence-electron chi connectivity index (χ2n) is 8.94. The maximum absolute atomic E-state index is 12.7. The fraction of sp³-hybridized carbons (Fsp3) is 0.167. The van der Waals surface area contributed by atoms with Gasteiger partial charge >= 0.3 is 5.97 Å². The number of carbonyl (C=O) groups is 2. The minimum absolute atomic E-state index is 0.198. The largest absolute Gasteiger partial charge is 0.497 e. The van der Waals surface area contributed by atoms with E-state index >= 15 is 0 Å². The number of aromatic nitrogens is 2. The lowest BCUT2D eigenvalue weighted by Crippen LogP contribution is -2.37. The first-order valence-corrected chi connectivity index (χ1v) is 12.5. The molecule has 1 aliphatic rings. The van der Waals surface area contributed by atoms with Crippen LogP contribution in [0.4, 0.5) is 5.69 Å². The minimum atomic E-state index is -0.504. The molecule has 0 N–H and O–H groups in total. The Hall–Kier alpha value is -5.25. The highest BCUT2D eigenvalue weighted by Crippen LogP contribution is 2.37. The highest BCUT2D eigenvalue weighted by molar-refractivity contribution is 5.81. The van der Waals surface area contributed by atoms with Crippen LogP contribution in [0.5, 0.6) is 17.2 Å². The molecule has 0 spiro atoms. The minimum Gasteiger partial charge on any atom is -0.497 e. The first-order chi connectivity index (χ1) is 19.4. The highest BCUT2D eigenvalue weighted by atomic mass is 16.7. The van der Waals surface area contributed by atoms with Gasteiger partial charge in [-0.1, -0.05) is 30.3 Å². The van der Waals surface area contributed by atoms with Crippen LogP contribution in [0.3, 0.4) is 0 Å². The monoisotopic (exact) mass is 540 g/mol. The lowest BCUT2D eigenvalue weighted by molar-refractivity contribution is -0.132. The number of hydrogen-bond acceptors (Lipinski definition) is 8. The van der Waals surface area contributed by atoms with Crippen LogP contribution in [0.15, 0.2) is 85.1 Å². The third kappa shape index (κ3) is 5.46. The normalized spacial score (nSPS) is 12.6. The van der Waals surface area contributed by atoms with Crippen molar-refractivity contribution in [3.05, 3.63) is 96.3 Å². The van der Waals surface area contributed by atoms with Gasteiger partial charge in [-0.15, -0.1) is 5.17 Å². The number of anilines is 1. The van der Waals surface area contributed by atoms with Gasteiger partial charge in [-0.3, -0.25) is 14.3 Å². The second kappa shape index (κ2) is 11.2. The van der Waals surface area contributed by atoms with Crippen LogP contribution in [-0.4, -0.2) is 40.9 Å². The Bertz CT molecular complexity index is 1560. The number of rotatable bonds is 8. The maximum Gasteiger partial charge on any atom is 0.308 e. The van der Waals surface area contributed by atoms with Gasteiger partial charge < -0.3 is 19.0 Å². The first kappa shape index (κ1) is 26.4. The summed E-state index contributed by atoms with van der Waals surface area (Å²) in [6.45, 7) is 3.21. The average Bonchev–Trinajstić information content (AvgIpc) is 3.58. The summed E-state index contributed by atoms with van der Waals surface area (Å²) >= 11 is 0.